The lowest BCUT2D eigenvalue weighted by Gasteiger charge is -2.19. The molecule has 2 rings (SSSR count). The van der Waals surface area contributed by atoms with Gasteiger partial charge in [0.25, 0.3) is 5.91 Å². The van der Waals surface area contributed by atoms with E-state index in [1.807, 2.05) is 6.07 Å². The summed E-state index contributed by atoms with van der Waals surface area (Å²) in [4.78, 5) is 24.3. The van der Waals surface area contributed by atoms with E-state index in [9.17, 15) is 27.9 Å². The fraction of sp³-hybridized carbons (Fsp3) is 0.250. The molecule has 0 aliphatic heterocycles. The molecule has 0 aliphatic rings. The first-order valence-corrected chi connectivity index (χ1v) is 8.38. The number of ether oxygens (including phenoxy) is 1. The molecule has 0 fully saturated rings. The summed E-state index contributed by atoms with van der Waals surface area (Å²) < 4.78 is 42.5. The zero-order valence-electron chi connectivity index (χ0n) is 15.2. The van der Waals surface area contributed by atoms with Crippen molar-refractivity contribution in [3.63, 3.8) is 0 Å². The van der Waals surface area contributed by atoms with Crippen molar-refractivity contribution in [3.05, 3.63) is 70.8 Å². The number of nitrogens with zero attached hydrogens (tertiary/aromatic N) is 1. The first-order valence-electron chi connectivity index (χ1n) is 8.38. The molecule has 0 spiro atoms. The van der Waals surface area contributed by atoms with Gasteiger partial charge in [0.15, 0.2) is 6.10 Å². The number of aliphatic hydroxyl groups is 1. The highest BCUT2D eigenvalue weighted by Crippen LogP contribution is 2.30. The summed E-state index contributed by atoms with van der Waals surface area (Å²) in [7, 11) is 1.13. The van der Waals surface area contributed by atoms with E-state index >= 15 is 0 Å². The van der Waals surface area contributed by atoms with E-state index in [1.165, 1.54) is 0 Å². The number of nitrogens with one attached hydrogen (secondary N) is 1. The number of benzene rings is 2. The molecular weight excluding hydrogens is 389 g/mol. The number of esters is 1. The average Bonchev–Trinajstić information content (AvgIpc) is 2.72. The number of carbonyl (C=O) groups is 2. The van der Waals surface area contributed by atoms with Crippen LogP contribution in [0, 0.1) is 11.3 Å². The minimum atomic E-state index is -4.54. The van der Waals surface area contributed by atoms with Crippen LogP contribution in [0.2, 0.25) is 0 Å². The fourth-order valence-corrected chi connectivity index (χ4v) is 2.54. The molecule has 2 atom stereocenters. The Balaban J connectivity index is 2.12. The maximum atomic E-state index is 12.6. The Morgan fingerprint density at radius 1 is 1.14 bits per heavy atom. The SMILES string of the molecule is COC(=O)[C@H](Cc1ccc(C#N)cc1)NC(=O)[C@H](O)c1ccc(C(F)(F)F)cc1. The molecule has 0 aromatic heterocycles. The molecule has 152 valence electrons. The van der Waals surface area contributed by atoms with E-state index in [0.29, 0.717) is 11.1 Å². The molecule has 0 heterocycles. The molecule has 0 unspecified atom stereocenters. The number of amides is 1. The molecule has 6 nitrogen and oxygen atoms in total. The van der Waals surface area contributed by atoms with E-state index < -0.39 is 35.8 Å². The maximum Gasteiger partial charge on any atom is 0.416 e. The minimum absolute atomic E-state index is 0.0316. The van der Waals surface area contributed by atoms with Crippen LogP contribution in [0.5, 0.6) is 0 Å². The highest BCUT2D eigenvalue weighted by Gasteiger charge is 2.31. The summed E-state index contributed by atoms with van der Waals surface area (Å²) in [6, 6.07) is 10.6. The molecule has 9 heteroatoms. The predicted octanol–water partition coefficient (Wildman–Crippen LogP) is 2.51. The average molecular weight is 406 g/mol. The van der Waals surface area contributed by atoms with Crippen molar-refractivity contribution in [2.24, 2.45) is 0 Å². The number of hydrogen-bond acceptors (Lipinski definition) is 5. The second-order valence-electron chi connectivity index (χ2n) is 6.12. The number of carbonyl (C=O) groups excluding carboxylic acids is 2. The number of aliphatic hydroxyl groups excluding tert-OH is 1. The molecule has 0 saturated carbocycles. The summed E-state index contributed by atoms with van der Waals surface area (Å²) in [5.74, 6) is -1.73. The van der Waals surface area contributed by atoms with Gasteiger partial charge >= 0.3 is 12.1 Å². The molecule has 1 amide bonds. The van der Waals surface area contributed by atoms with Crippen molar-refractivity contribution < 1.29 is 32.6 Å². The molecule has 2 aromatic rings. The van der Waals surface area contributed by atoms with Gasteiger partial charge in [0.05, 0.1) is 24.3 Å². The quantitative estimate of drug-likeness (QED) is 0.719. The first kappa shape index (κ1) is 21.9. The van der Waals surface area contributed by atoms with Crippen LogP contribution < -0.4 is 5.32 Å². The van der Waals surface area contributed by atoms with Crippen LogP contribution in [0.4, 0.5) is 13.2 Å². The highest BCUT2D eigenvalue weighted by molar-refractivity contribution is 5.87. The minimum Gasteiger partial charge on any atom is -0.467 e. The summed E-state index contributed by atoms with van der Waals surface area (Å²) in [5, 5.41) is 21.3. The van der Waals surface area contributed by atoms with Crippen LogP contribution in [-0.2, 0) is 26.9 Å². The van der Waals surface area contributed by atoms with Crippen LogP contribution >= 0.6 is 0 Å². The van der Waals surface area contributed by atoms with Crippen molar-refractivity contribution in [3.8, 4) is 6.07 Å². The molecule has 0 bridgehead atoms. The molecular formula is C20H17F3N2O4. The second-order valence-corrected chi connectivity index (χ2v) is 6.12. The van der Waals surface area contributed by atoms with E-state index in [0.717, 1.165) is 31.4 Å². The van der Waals surface area contributed by atoms with E-state index in [-0.39, 0.29) is 12.0 Å². The van der Waals surface area contributed by atoms with Crippen molar-refractivity contribution in [1.29, 1.82) is 5.26 Å². The van der Waals surface area contributed by atoms with Crippen LogP contribution in [0.1, 0.15) is 28.4 Å². The zero-order valence-corrected chi connectivity index (χ0v) is 15.2. The van der Waals surface area contributed by atoms with Gasteiger partial charge < -0.3 is 15.2 Å². The van der Waals surface area contributed by atoms with Gasteiger partial charge in [-0.25, -0.2) is 4.79 Å². The molecule has 0 aliphatic carbocycles. The Morgan fingerprint density at radius 3 is 2.21 bits per heavy atom. The smallest absolute Gasteiger partial charge is 0.416 e. The van der Waals surface area contributed by atoms with Gasteiger partial charge in [-0.15, -0.1) is 0 Å². The van der Waals surface area contributed by atoms with E-state index in [1.54, 1.807) is 24.3 Å². The molecule has 2 N–H and O–H groups in total. The van der Waals surface area contributed by atoms with Gasteiger partial charge in [0.2, 0.25) is 0 Å². The molecule has 0 radical (unpaired) electrons. The van der Waals surface area contributed by atoms with Crippen LogP contribution in [0.25, 0.3) is 0 Å². The van der Waals surface area contributed by atoms with Crippen LogP contribution in [0.15, 0.2) is 48.5 Å². The summed E-state index contributed by atoms with van der Waals surface area (Å²) in [6.45, 7) is 0. The number of nitriles is 1. The molecule has 0 saturated heterocycles. The first-order chi connectivity index (χ1) is 13.7. The Kier molecular flexibility index (Phi) is 6.96. The normalized spacial score (nSPS) is 13.1. The zero-order chi connectivity index (χ0) is 21.6. The molecule has 29 heavy (non-hydrogen) atoms. The standard InChI is InChI=1S/C20H17F3N2O4/c1-29-19(28)16(10-12-2-4-13(11-24)5-3-12)25-18(27)17(26)14-6-8-15(9-7-14)20(21,22)23/h2-9,16-17,26H,10H2,1H3,(H,25,27)/t16-,17+/m0/s1. The number of alkyl halides is 3. The molecule has 2 aromatic carbocycles. The number of hydrogen-bond donors (Lipinski definition) is 2. The van der Waals surface area contributed by atoms with Gasteiger partial charge in [-0.3, -0.25) is 4.79 Å². The predicted molar refractivity (Wildman–Crippen MR) is 95.2 cm³/mol. The Morgan fingerprint density at radius 2 is 1.72 bits per heavy atom. The highest BCUT2D eigenvalue weighted by atomic mass is 19.4. The van der Waals surface area contributed by atoms with Crippen molar-refractivity contribution >= 4 is 11.9 Å². The third-order valence-electron chi connectivity index (χ3n) is 4.13. The van der Waals surface area contributed by atoms with Gasteiger partial charge in [0.1, 0.15) is 6.04 Å². The van der Waals surface area contributed by atoms with Crippen molar-refractivity contribution in [2.75, 3.05) is 7.11 Å². The lowest BCUT2D eigenvalue weighted by Crippen LogP contribution is -2.45. The Hall–Kier alpha value is -3.38. The number of halogens is 3. The maximum absolute atomic E-state index is 12.6. The lowest BCUT2D eigenvalue weighted by atomic mass is 10.0. The monoisotopic (exact) mass is 406 g/mol. The van der Waals surface area contributed by atoms with Crippen LogP contribution in [0.3, 0.4) is 0 Å². The summed E-state index contributed by atoms with van der Waals surface area (Å²) in [5.41, 5.74) is 0.0773. The van der Waals surface area contributed by atoms with Gasteiger partial charge in [-0.2, -0.15) is 18.4 Å². The number of rotatable bonds is 6. The third-order valence-corrected chi connectivity index (χ3v) is 4.13. The fourth-order valence-electron chi connectivity index (χ4n) is 2.54. The summed E-state index contributed by atoms with van der Waals surface area (Å²) >= 11 is 0. The summed E-state index contributed by atoms with van der Waals surface area (Å²) in [6.07, 6.45) is -6.28. The van der Waals surface area contributed by atoms with Crippen molar-refractivity contribution in [2.45, 2.75) is 24.7 Å². The third kappa shape index (κ3) is 5.80. The van der Waals surface area contributed by atoms with Crippen LogP contribution in [-0.4, -0.2) is 30.1 Å². The Bertz CT molecular complexity index is 903. The lowest BCUT2D eigenvalue weighted by molar-refractivity contribution is -0.146. The van der Waals surface area contributed by atoms with Crippen molar-refractivity contribution in [1.82, 2.24) is 5.32 Å². The van der Waals surface area contributed by atoms with Gasteiger partial charge in [-0.05, 0) is 35.4 Å². The van der Waals surface area contributed by atoms with Gasteiger partial charge in [0, 0.05) is 6.42 Å². The Labute approximate surface area is 164 Å². The topological polar surface area (TPSA) is 99.4 Å². The largest absolute Gasteiger partial charge is 0.467 e. The second kappa shape index (κ2) is 9.21. The van der Waals surface area contributed by atoms with E-state index in [4.69, 9.17) is 5.26 Å². The van der Waals surface area contributed by atoms with E-state index in [2.05, 4.69) is 10.1 Å². The van der Waals surface area contributed by atoms with Gasteiger partial charge in [-0.1, -0.05) is 24.3 Å². The number of methoxy groups -OCH3 is 1.